The van der Waals surface area contributed by atoms with Gasteiger partial charge in [0.15, 0.2) is 0 Å². The van der Waals surface area contributed by atoms with Gasteiger partial charge in [-0.15, -0.1) is 0 Å². The maximum atomic E-state index is 6.68. The predicted molar refractivity (Wildman–Crippen MR) is 191 cm³/mol. The molecule has 0 atom stereocenters. The summed E-state index contributed by atoms with van der Waals surface area (Å²) in [5.41, 5.74) is 10.4. The molecular weight excluding hydrogens is 561 g/mol. The molecule has 0 unspecified atom stereocenters. The van der Waals surface area contributed by atoms with Crippen LogP contribution in [-0.2, 0) is 0 Å². The van der Waals surface area contributed by atoms with Crippen molar-refractivity contribution >= 4 is 66.7 Å². The predicted octanol–water partition coefficient (Wildman–Crippen LogP) is 7.90. The van der Waals surface area contributed by atoms with Crippen LogP contribution in [0.2, 0.25) is 0 Å². The van der Waals surface area contributed by atoms with Gasteiger partial charge < -0.3 is 13.9 Å². The molecular formula is C41H26BN3O. The van der Waals surface area contributed by atoms with E-state index in [-0.39, 0.29) is 6.71 Å². The minimum atomic E-state index is 0.0908. The van der Waals surface area contributed by atoms with Gasteiger partial charge >= 0.3 is 0 Å². The summed E-state index contributed by atoms with van der Waals surface area (Å²) in [5.74, 6) is 1.79. The Bertz CT molecular complexity index is 2620. The number of hydrogen-bond donors (Lipinski definition) is 0. The van der Waals surface area contributed by atoms with Crippen molar-refractivity contribution < 1.29 is 4.74 Å². The highest BCUT2D eigenvalue weighted by Gasteiger charge is 2.32. The van der Waals surface area contributed by atoms with E-state index in [1.54, 1.807) is 0 Å². The number of hydrogen-bond acceptors (Lipinski definition) is 2. The van der Waals surface area contributed by atoms with Gasteiger partial charge in [0.1, 0.15) is 11.5 Å². The van der Waals surface area contributed by atoms with Gasteiger partial charge in [0.2, 0.25) is 0 Å². The number of fused-ring (bicyclic) bond motifs is 9. The van der Waals surface area contributed by atoms with Gasteiger partial charge in [-0.05, 0) is 53.4 Å². The maximum Gasteiger partial charge on any atom is 0.250 e. The van der Waals surface area contributed by atoms with Crippen molar-refractivity contribution in [2.45, 2.75) is 0 Å². The van der Waals surface area contributed by atoms with Crippen molar-refractivity contribution in [1.82, 2.24) is 14.1 Å². The average molecular weight is 587 g/mol. The van der Waals surface area contributed by atoms with Crippen LogP contribution in [-0.4, -0.2) is 20.8 Å². The lowest BCUT2D eigenvalue weighted by atomic mass is 9.36. The van der Waals surface area contributed by atoms with Crippen LogP contribution in [0.3, 0.4) is 0 Å². The normalized spacial score (nSPS) is 12.5. The standard InChI is InChI=1S/C41H26BN3O/c1-3-11-27(12-4-1)42-33-16-8-10-18-38(33)46-39-25-29(19-21-34(39)42)45-36-23-24-43-26-32(36)30-20-22-37-40(41(30)45)31-15-7-9-17-35(31)44(37)28-13-5-2-6-14-28/h1-26H. The smallest absolute Gasteiger partial charge is 0.250 e. The molecule has 0 saturated heterocycles. The van der Waals surface area contributed by atoms with Crippen LogP contribution in [0.1, 0.15) is 0 Å². The highest BCUT2D eigenvalue weighted by Crippen LogP contribution is 2.42. The van der Waals surface area contributed by atoms with Gasteiger partial charge in [-0.1, -0.05) is 103 Å². The SMILES string of the molecule is c1ccc(B2c3ccccc3Oc3cc(-n4c5ccncc5c5ccc6c(c7ccccc7n6-c6ccccc6)c54)ccc32)cc1. The topological polar surface area (TPSA) is 32.0 Å². The molecule has 1 aliphatic heterocycles. The summed E-state index contributed by atoms with van der Waals surface area (Å²) in [6, 6.07) is 51.9. The van der Waals surface area contributed by atoms with E-state index in [1.165, 1.54) is 49.1 Å². The molecule has 0 saturated carbocycles. The molecule has 0 aliphatic carbocycles. The van der Waals surface area contributed by atoms with E-state index >= 15 is 0 Å². The molecule has 0 radical (unpaired) electrons. The molecule has 1 aliphatic rings. The molecule has 0 bridgehead atoms. The number of ether oxygens (including phenoxy) is 1. The molecule has 4 nitrogen and oxygen atoms in total. The summed E-state index contributed by atoms with van der Waals surface area (Å²) < 4.78 is 11.5. The summed E-state index contributed by atoms with van der Waals surface area (Å²) in [7, 11) is 0. The Morgan fingerprint density at radius 3 is 2.13 bits per heavy atom. The van der Waals surface area contributed by atoms with E-state index in [9.17, 15) is 0 Å². The first-order valence-electron chi connectivity index (χ1n) is 15.7. The minimum Gasteiger partial charge on any atom is -0.458 e. The first-order chi connectivity index (χ1) is 22.8. The lowest BCUT2D eigenvalue weighted by Gasteiger charge is -2.27. The molecule has 9 aromatic rings. The van der Waals surface area contributed by atoms with Gasteiger partial charge in [-0.3, -0.25) is 4.98 Å². The highest BCUT2D eigenvalue weighted by molar-refractivity contribution is 6.96. The van der Waals surface area contributed by atoms with E-state index in [4.69, 9.17) is 4.74 Å². The van der Waals surface area contributed by atoms with E-state index in [0.29, 0.717) is 0 Å². The van der Waals surface area contributed by atoms with Gasteiger partial charge in [0.25, 0.3) is 6.71 Å². The third-order valence-corrected chi connectivity index (χ3v) is 9.53. The number of para-hydroxylation sites is 3. The molecule has 214 valence electrons. The Labute approximate surface area is 265 Å². The summed E-state index contributed by atoms with van der Waals surface area (Å²) in [6.45, 7) is 0.0908. The summed E-state index contributed by atoms with van der Waals surface area (Å²) in [6.07, 6.45) is 3.88. The van der Waals surface area contributed by atoms with E-state index < -0.39 is 0 Å². The molecule has 0 fully saturated rings. The maximum absolute atomic E-state index is 6.68. The first-order valence-corrected chi connectivity index (χ1v) is 15.7. The third-order valence-electron chi connectivity index (χ3n) is 9.53. The van der Waals surface area contributed by atoms with Crippen LogP contribution < -0.4 is 21.1 Å². The van der Waals surface area contributed by atoms with Crippen molar-refractivity contribution in [1.29, 1.82) is 0 Å². The van der Waals surface area contributed by atoms with E-state index in [1.807, 2.05) is 12.4 Å². The molecule has 4 heterocycles. The van der Waals surface area contributed by atoms with Crippen LogP contribution in [0.25, 0.3) is 55.0 Å². The lowest BCUT2D eigenvalue weighted by Crippen LogP contribution is -2.54. The summed E-state index contributed by atoms with van der Waals surface area (Å²) in [5, 5.41) is 4.75. The second kappa shape index (κ2) is 9.72. The molecule has 0 amide bonds. The fraction of sp³-hybridized carbons (Fsp3) is 0. The van der Waals surface area contributed by atoms with Gasteiger partial charge in [0.05, 0.1) is 22.1 Å². The first kappa shape index (κ1) is 25.3. The minimum absolute atomic E-state index is 0.0908. The number of nitrogens with zero attached hydrogens (tertiary/aromatic N) is 3. The van der Waals surface area contributed by atoms with Crippen molar-refractivity contribution in [3.05, 3.63) is 158 Å². The Morgan fingerprint density at radius 2 is 1.24 bits per heavy atom. The Hall–Kier alpha value is -6.07. The molecule has 3 aromatic heterocycles. The second-order valence-corrected chi connectivity index (χ2v) is 12.0. The molecule has 0 N–H and O–H groups in total. The quantitative estimate of drug-likeness (QED) is 0.197. The zero-order valence-corrected chi connectivity index (χ0v) is 24.8. The Kier molecular flexibility index (Phi) is 5.34. The van der Waals surface area contributed by atoms with Gasteiger partial charge in [-0.2, -0.15) is 0 Å². The van der Waals surface area contributed by atoms with Crippen LogP contribution >= 0.6 is 0 Å². The average Bonchev–Trinajstić information content (AvgIpc) is 3.64. The van der Waals surface area contributed by atoms with Crippen LogP contribution in [0.4, 0.5) is 0 Å². The van der Waals surface area contributed by atoms with E-state index in [2.05, 4.69) is 160 Å². The molecule has 10 rings (SSSR count). The van der Waals surface area contributed by atoms with Crippen molar-refractivity contribution in [2.75, 3.05) is 0 Å². The highest BCUT2D eigenvalue weighted by atomic mass is 16.5. The fourth-order valence-electron chi connectivity index (χ4n) is 7.62. The molecule has 5 heteroatoms. The monoisotopic (exact) mass is 587 g/mol. The fourth-order valence-corrected chi connectivity index (χ4v) is 7.62. The van der Waals surface area contributed by atoms with Crippen LogP contribution in [0.5, 0.6) is 11.5 Å². The van der Waals surface area contributed by atoms with Crippen molar-refractivity contribution in [3.8, 4) is 22.9 Å². The molecule has 0 spiro atoms. The van der Waals surface area contributed by atoms with Crippen LogP contribution in [0, 0.1) is 0 Å². The van der Waals surface area contributed by atoms with Gasteiger partial charge in [-0.25, -0.2) is 0 Å². The number of benzene rings is 6. The number of rotatable bonds is 3. The summed E-state index contributed by atoms with van der Waals surface area (Å²) in [4.78, 5) is 4.56. The zero-order chi connectivity index (χ0) is 30.2. The Balaban J connectivity index is 1.29. The number of aromatic nitrogens is 3. The summed E-state index contributed by atoms with van der Waals surface area (Å²) >= 11 is 0. The Morgan fingerprint density at radius 1 is 0.500 bits per heavy atom. The van der Waals surface area contributed by atoms with Crippen molar-refractivity contribution in [3.63, 3.8) is 0 Å². The number of pyridine rings is 1. The zero-order valence-electron chi connectivity index (χ0n) is 24.8. The lowest BCUT2D eigenvalue weighted by molar-refractivity contribution is 0.487. The molecule has 46 heavy (non-hydrogen) atoms. The second-order valence-electron chi connectivity index (χ2n) is 12.0. The molecule has 6 aromatic carbocycles. The largest absolute Gasteiger partial charge is 0.458 e. The van der Waals surface area contributed by atoms with Gasteiger partial charge in [0, 0.05) is 51.4 Å². The van der Waals surface area contributed by atoms with E-state index in [0.717, 1.165) is 33.8 Å². The van der Waals surface area contributed by atoms with Crippen molar-refractivity contribution in [2.24, 2.45) is 0 Å². The third kappa shape index (κ3) is 3.54. The van der Waals surface area contributed by atoms with Crippen LogP contribution in [0.15, 0.2) is 158 Å².